The molecule has 1 aliphatic heterocycles. The van der Waals surface area contributed by atoms with Crippen LogP contribution in [0.15, 0.2) is 0 Å². The molecule has 8 heavy (non-hydrogen) atoms. The molecule has 0 spiro atoms. The van der Waals surface area contributed by atoms with Crippen LogP contribution in [0.5, 0.6) is 0 Å². The van der Waals surface area contributed by atoms with Crippen molar-refractivity contribution in [1.29, 1.82) is 0 Å². The van der Waals surface area contributed by atoms with E-state index in [0.717, 1.165) is 0 Å². The normalized spacial score (nSPS) is 21.8. The van der Waals surface area contributed by atoms with Gasteiger partial charge in [-0.05, 0) is 0 Å². The van der Waals surface area contributed by atoms with Gasteiger partial charge in [-0.3, -0.25) is 5.43 Å². The molecule has 4 heteroatoms. The van der Waals surface area contributed by atoms with Crippen molar-refractivity contribution in [2.24, 2.45) is 0 Å². The van der Waals surface area contributed by atoms with E-state index in [0.29, 0.717) is 0 Å². The topological polar surface area (TPSA) is 35.6 Å². The third-order valence-electron chi connectivity index (χ3n) is 0.939. The maximum absolute atomic E-state index is 10.5. The van der Waals surface area contributed by atoms with Crippen molar-refractivity contribution < 1.29 is 4.79 Å². The minimum Gasteiger partial charge on any atom is -0.306 e. The van der Waals surface area contributed by atoms with Crippen molar-refractivity contribution in [3.8, 4) is 0 Å². The number of rotatable bonds is 0. The zero-order valence-electron chi connectivity index (χ0n) is 4.88. The third kappa shape index (κ3) is 0.742. The summed E-state index contributed by atoms with van der Waals surface area (Å²) in [5.41, 5.74) is 2.53. The number of carbonyl (C=O) groups is 1. The lowest BCUT2D eigenvalue weighted by Crippen LogP contribution is -2.28. The molecule has 1 fully saturated rings. The van der Waals surface area contributed by atoms with Gasteiger partial charge in [0.1, 0.15) is 6.67 Å². The molecule has 0 bridgehead atoms. The molecule has 0 aromatic heterocycles. The fourth-order valence-corrected chi connectivity index (χ4v) is 0.571. The molecule has 0 aliphatic carbocycles. The Labute approximate surface area is 48.0 Å². The molecule has 0 unspecified atom stereocenters. The maximum Gasteiger partial charge on any atom is 0.333 e. The van der Waals surface area contributed by atoms with Crippen LogP contribution in [0.3, 0.4) is 0 Å². The number of hydrazine groups is 1. The largest absolute Gasteiger partial charge is 0.333 e. The number of nitrogens with zero attached hydrogens (tertiary/aromatic N) is 2. The SMILES string of the molecule is CN1[CH]N(C)C(=O)N1. The van der Waals surface area contributed by atoms with Crippen molar-refractivity contribution in [2.45, 2.75) is 0 Å². The Kier molecular flexibility index (Phi) is 1.09. The summed E-state index contributed by atoms with van der Waals surface area (Å²) in [6.07, 6.45) is 0. The van der Waals surface area contributed by atoms with Gasteiger partial charge in [0, 0.05) is 14.1 Å². The van der Waals surface area contributed by atoms with E-state index in [2.05, 4.69) is 5.43 Å². The van der Waals surface area contributed by atoms with Crippen LogP contribution in [-0.4, -0.2) is 30.0 Å². The highest BCUT2D eigenvalue weighted by Crippen LogP contribution is 1.99. The minimum atomic E-state index is -0.0903. The summed E-state index contributed by atoms with van der Waals surface area (Å²) in [7, 11) is 3.46. The van der Waals surface area contributed by atoms with E-state index < -0.39 is 0 Å². The van der Waals surface area contributed by atoms with Crippen LogP contribution in [-0.2, 0) is 0 Å². The molecule has 1 N–H and O–H groups in total. The Morgan fingerprint density at radius 2 is 2.25 bits per heavy atom. The minimum absolute atomic E-state index is 0.0903. The van der Waals surface area contributed by atoms with Gasteiger partial charge in [0.2, 0.25) is 0 Å². The molecule has 0 aromatic rings. The van der Waals surface area contributed by atoms with Crippen LogP contribution in [0.25, 0.3) is 0 Å². The molecule has 1 saturated heterocycles. The highest BCUT2D eigenvalue weighted by Gasteiger charge is 2.19. The van der Waals surface area contributed by atoms with E-state index in [1.807, 2.05) is 0 Å². The first-order chi connectivity index (χ1) is 3.70. The summed E-state index contributed by atoms with van der Waals surface area (Å²) in [6.45, 7) is 1.67. The zero-order chi connectivity index (χ0) is 6.15. The molecular formula is C4H8N3O. The van der Waals surface area contributed by atoms with Gasteiger partial charge >= 0.3 is 6.03 Å². The standard InChI is InChI=1S/C4H8N3O/c1-6-3-7(2)5-4(6)8/h3H,1-2H3,(H,5,8). The highest BCUT2D eigenvalue weighted by atomic mass is 16.2. The van der Waals surface area contributed by atoms with Crippen molar-refractivity contribution >= 4 is 6.03 Å². The molecule has 0 atom stereocenters. The van der Waals surface area contributed by atoms with Crippen molar-refractivity contribution in [3.05, 3.63) is 6.67 Å². The maximum atomic E-state index is 10.5. The van der Waals surface area contributed by atoms with Crippen LogP contribution in [0.1, 0.15) is 0 Å². The fourth-order valence-electron chi connectivity index (χ4n) is 0.571. The summed E-state index contributed by atoms with van der Waals surface area (Å²) in [4.78, 5) is 12.0. The number of hydrogen-bond donors (Lipinski definition) is 1. The van der Waals surface area contributed by atoms with Gasteiger partial charge in [0.25, 0.3) is 0 Å². The number of nitrogens with one attached hydrogen (secondary N) is 1. The predicted molar refractivity (Wildman–Crippen MR) is 28.4 cm³/mol. The summed E-state index contributed by atoms with van der Waals surface area (Å²) >= 11 is 0. The average molecular weight is 114 g/mol. The first kappa shape index (κ1) is 5.37. The number of amides is 2. The average Bonchev–Trinajstić information content (AvgIpc) is 1.85. The van der Waals surface area contributed by atoms with Gasteiger partial charge in [-0.2, -0.15) is 5.01 Å². The number of carbonyl (C=O) groups excluding carboxylic acids is 1. The van der Waals surface area contributed by atoms with E-state index in [4.69, 9.17) is 0 Å². The van der Waals surface area contributed by atoms with E-state index in [1.54, 1.807) is 25.8 Å². The number of hydrogen-bond acceptors (Lipinski definition) is 2. The van der Waals surface area contributed by atoms with Crippen molar-refractivity contribution in [1.82, 2.24) is 15.3 Å². The fraction of sp³-hybridized carbons (Fsp3) is 0.500. The van der Waals surface area contributed by atoms with E-state index in [9.17, 15) is 4.79 Å². The second-order valence-corrected chi connectivity index (χ2v) is 1.75. The van der Waals surface area contributed by atoms with Gasteiger partial charge < -0.3 is 4.90 Å². The molecular weight excluding hydrogens is 106 g/mol. The Morgan fingerprint density at radius 1 is 1.62 bits per heavy atom. The number of urea groups is 1. The van der Waals surface area contributed by atoms with Crippen LogP contribution in [0.4, 0.5) is 4.79 Å². The van der Waals surface area contributed by atoms with Gasteiger partial charge in [0.15, 0.2) is 0 Å². The van der Waals surface area contributed by atoms with Crippen molar-refractivity contribution in [2.75, 3.05) is 14.1 Å². The first-order valence-corrected chi connectivity index (χ1v) is 2.31. The molecule has 1 rings (SSSR count). The third-order valence-corrected chi connectivity index (χ3v) is 0.939. The predicted octanol–water partition coefficient (Wildman–Crippen LogP) is -0.393. The monoisotopic (exact) mass is 114 g/mol. The smallest absolute Gasteiger partial charge is 0.306 e. The second kappa shape index (κ2) is 1.63. The molecule has 45 valence electrons. The molecule has 0 aromatic carbocycles. The lowest BCUT2D eigenvalue weighted by atomic mass is 10.8. The van der Waals surface area contributed by atoms with Crippen LogP contribution in [0, 0.1) is 6.67 Å². The van der Waals surface area contributed by atoms with Crippen molar-refractivity contribution in [3.63, 3.8) is 0 Å². The van der Waals surface area contributed by atoms with Gasteiger partial charge in [0.05, 0.1) is 0 Å². The zero-order valence-corrected chi connectivity index (χ0v) is 4.88. The molecule has 1 aliphatic rings. The van der Waals surface area contributed by atoms with Gasteiger partial charge in [-0.15, -0.1) is 0 Å². The molecule has 2 amide bonds. The second-order valence-electron chi connectivity index (χ2n) is 1.75. The first-order valence-electron chi connectivity index (χ1n) is 2.31. The quantitative estimate of drug-likeness (QED) is 0.465. The Morgan fingerprint density at radius 3 is 2.38 bits per heavy atom. The highest BCUT2D eigenvalue weighted by molar-refractivity contribution is 5.75. The van der Waals surface area contributed by atoms with Gasteiger partial charge in [-0.25, -0.2) is 4.79 Å². The lowest BCUT2D eigenvalue weighted by Gasteiger charge is -2.02. The molecule has 1 radical (unpaired) electrons. The Balaban J connectivity index is 2.51. The van der Waals surface area contributed by atoms with Crippen LogP contribution >= 0.6 is 0 Å². The van der Waals surface area contributed by atoms with E-state index >= 15 is 0 Å². The molecule has 4 nitrogen and oxygen atoms in total. The van der Waals surface area contributed by atoms with E-state index in [-0.39, 0.29) is 6.03 Å². The molecule has 1 heterocycles. The Bertz CT molecular complexity index is 114. The van der Waals surface area contributed by atoms with E-state index in [1.165, 1.54) is 4.90 Å². The molecule has 0 saturated carbocycles. The van der Waals surface area contributed by atoms with Gasteiger partial charge in [-0.1, -0.05) is 0 Å². The summed E-state index contributed by atoms with van der Waals surface area (Å²) < 4.78 is 0. The lowest BCUT2D eigenvalue weighted by molar-refractivity contribution is 0.226. The summed E-state index contributed by atoms with van der Waals surface area (Å²) in [5.74, 6) is 0. The Hall–Kier alpha value is -0.770. The van der Waals surface area contributed by atoms with Crippen LogP contribution in [0.2, 0.25) is 0 Å². The summed E-state index contributed by atoms with van der Waals surface area (Å²) in [6, 6.07) is -0.0903. The summed E-state index contributed by atoms with van der Waals surface area (Å²) in [5, 5.41) is 1.60. The van der Waals surface area contributed by atoms with Crippen LogP contribution < -0.4 is 5.43 Å².